The van der Waals surface area contributed by atoms with Crippen molar-refractivity contribution in [2.24, 2.45) is 0 Å². The highest BCUT2D eigenvalue weighted by molar-refractivity contribution is 5.88. The second-order valence-corrected chi connectivity index (χ2v) is 9.56. The van der Waals surface area contributed by atoms with E-state index in [4.69, 9.17) is 4.74 Å². The third kappa shape index (κ3) is 4.41. The lowest BCUT2D eigenvalue weighted by molar-refractivity contribution is -0.149. The lowest BCUT2D eigenvalue weighted by Gasteiger charge is -2.42. The van der Waals surface area contributed by atoms with E-state index in [0.29, 0.717) is 31.9 Å². The van der Waals surface area contributed by atoms with E-state index in [2.05, 4.69) is 40.5 Å². The van der Waals surface area contributed by atoms with Gasteiger partial charge in [-0.2, -0.15) is 5.10 Å². The number of carbonyl (C=O) groups excluding carboxylic acids is 1. The first-order chi connectivity index (χ1) is 15.1. The number of hydrogen-bond acceptors (Lipinski definition) is 4. The number of amides is 1. The van der Waals surface area contributed by atoms with E-state index in [9.17, 15) is 9.90 Å². The number of carbonyl (C=O) groups is 1. The molecular weight excluding hydrogens is 390 g/mol. The Morgan fingerprint density at radius 1 is 1.13 bits per heavy atom. The molecule has 0 spiro atoms. The van der Waals surface area contributed by atoms with Crippen molar-refractivity contribution in [2.45, 2.75) is 80.9 Å². The third-order valence-corrected chi connectivity index (χ3v) is 7.51. The quantitative estimate of drug-likeness (QED) is 0.742. The Kier molecular flexibility index (Phi) is 5.85. The summed E-state index contributed by atoms with van der Waals surface area (Å²) in [6.45, 7) is 1.21. The third-order valence-electron chi connectivity index (χ3n) is 7.51. The smallest absolute Gasteiger partial charge is 0.254 e. The number of aromatic amines is 1. The Labute approximate surface area is 184 Å². The van der Waals surface area contributed by atoms with E-state index in [1.54, 1.807) is 0 Å². The minimum atomic E-state index is -1.14. The van der Waals surface area contributed by atoms with Gasteiger partial charge in [-0.05, 0) is 68.9 Å². The minimum Gasteiger partial charge on any atom is -0.380 e. The molecule has 1 aromatic heterocycles. The molecule has 2 N–H and O–H groups in total. The van der Waals surface area contributed by atoms with Crippen molar-refractivity contribution in [3.05, 3.63) is 53.9 Å². The van der Waals surface area contributed by atoms with Crippen molar-refractivity contribution in [3.63, 3.8) is 0 Å². The number of aliphatic hydroxyl groups is 1. The van der Waals surface area contributed by atoms with E-state index < -0.39 is 5.60 Å². The topological polar surface area (TPSA) is 78.5 Å². The molecule has 5 rings (SSSR count). The molecule has 2 atom stereocenters. The maximum absolute atomic E-state index is 13.1. The number of benzene rings is 1. The van der Waals surface area contributed by atoms with E-state index in [-0.39, 0.29) is 24.0 Å². The number of ether oxygens (including phenoxy) is 1. The van der Waals surface area contributed by atoms with Gasteiger partial charge in [-0.1, -0.05) is 30.3 Å². The Morgan fingerprint density at radius 2 is 1.90 bits per heavy atom. The van der Waals surface area contributed by atoms with Crippen molar-refractivity contribution >= 4 is 5.91 Å². The summed E-state index contributed by atoms with van der Waals surface area (Å²) >= 11 is 0. The number of piperidine rings is 1. The van der Waals surface area contributed by atoms with Crippen LogP contribution in [0.15, 0.2) is 42.6 Å². The average Bonchev–Trinajstić information content (AvgIpc) is 3.34. The number of hydrogen-bond donors (Lipinski definition) is 2. The van der Waals surface area contributed by atoms with Crippen molar-refractivity contribution in [1.29, 1.82) is 0 Å². The van der Waals surface area contributed by atoms with Crippen LogP contribution in [0.2, 0.25) is 0 Å². The van der Waals surface area contributed by atoms with Crippen molar-refractivity contribution < 1.29 is 14.6 Å². The second-order valence-electron chi connectivity index (χ2n) is 9.56. The number of H-pyrrole nitrogens is 1. The molecule has 0 radical (unpaired) electrons. The number of aromatic nitrogens is 2. The molecule has 1 aliphatic heterocycles. The highest BCUT2D eigenvalue weighted by Crippen LogP contribution is 2.41. The maximum atomic E-state index is 13.1. The Morgan fingerprint density at radius 3 is 2.58 bits per heavy atom. The summed E-state index contributed by atoms with van der Waals surface area (Å²) in [7, 11) is 0. The van der Waals surface area contributed by atoms with Gasteiger partial charge in [-0.15, -0.1) is 0 Å². The molecule has 1 saturated heterocycles. The fourth-order valence-electron chi connectivity index (χ4n) is 5.46. The summed E-state index contributed by atoms with van der Waals surface area (Å²) in [5, 5.41) is 17.8. The highest BCUT2D eigenvalue weighted by atomic mass is 16.5. The summed E-state index contributed by atoms with van der Waals surface area (Å²) < 4.78 is 6.43. The van der Waals surface area contributed by atoms with Gasteiger partial charge in [0.15, 0.2) is 0 Å². The lowest BCUT2D eigenvalue weighted by atomic mass is 9.82. The Balaban J connectivity index is 1.24. The lowest BCUT2D eigenvalue weighted by Crippen LogP contribution is -2.54. The van der Waals surface area contributed by atoms with Gasteiger partial charge in [0.2, 0.25) is 0 Å². The maximum Gasteiger partial charge on any atom is 0.254 e. The van der Waals surface area contributed by atoms with Crippen molar-refractivity contribution in [1.82, 2.24) is 15.1 Å². The van der Waals surface area contributed by atoms with Gasteiger partial charge < -0.3 is 14.7 Å². The highest BCUT2D eigenvalue weighted by Gasteiger charge is 2.52. The van der Waals surface area contributed by atoms with Crippen molar-refractivity contribution in [3.8, 4) is 0 Å². The molecule has 2 heterocycles. The average molecular weight is 424 g/mol. The van der Waals surface area contributed by atoms with Crippen molar-refractivity contribution in [2.75, 3.05) is 13.2 Å². The first kappa shape index (κ1) is 20.7. The van der Waals surface area contributed by atoms with Gasteiger partial charge in [0.05, 0.1) is 24.4 Å². The molecule has 3 aliphatic rings. The van der Waals surface area contributed by atoms with Gasteiger partial charge in [0, 0.05) is 18.7 Å². The van der Waals surface area contributed by atoms with Crippen LogP contribution < -0.4 is 0 Å². The van der Waals surface area contributed by atoms with E-state index in [1.165, 1.54) is 5.56 Å². The summed E-state index contributed by atoms with van der Waals surface area (Å²) in [4.78, 5) is 14.9. The van der Waals surface area contributed by atoms with E-state index in [1.807, 2.05) is 17.2 Å². The van der Waals surface area contributed by atoms with E-state index in [0.717, 1.165) is 44.2 Å². The SMILES string of the molecule is O=C(N1CCCC(c2cc[nH]n2)C1COC1CCC(c2ccccc2)CC1)C1(O)CC1. The predicted molar refractivity (Wildman–Crippen MR) is 118 cm³/mol. The molecule has 2 unspecified atom stereocenters. The molecule has 2 aliphatic carbocycles. The van der Waals surface area contributed by atoms with Crippen LogP contribution in [0.1, 0.15) is 74.5 Å². The zero-order chi connectivity index (χ0) is 21.3. The zero-order valence-electron chi connectivity index (χ0n) is 18.1. The standard InChI is InChI=1S/C25H33N3O3/c29-24(25(30)13-14-25)28-16-4-7-21(22-12-15-26-27-22)23(28)17-31-20-10-8-19(9-11-20)18-5-2-1-3-6-18/h1-3,5-6,12,15,19-21,23,30H,4,7-11,13-14,16-17H2,(H,26,27). The molecule has 1 amide bonds. The molecule has 6 nitrogen and oxygen atoms in total. The Hall–Kier alpha value is -2.18. The molecular formula is C25H33N3O3. The minimum absolute atomic E-state index is 0.0685. The number of rotatable bonds is 6. The fraction of sp³-hybridized carbons (Fsp3) is 0.600. The van der Waals surface area contributed by atoms with Crippen LogP contribution in [0.25, 0.3) is 0 Å². The molecule has 0 bridgehead atoms. The van der Waals surface area contributed by atoms with Crippen LogP contribution >= 0.6 is 0 Å². The molecule has 1 aromatic carbocycles. The zero-order valence-corrected chi connectivity index (χ0v) is 18.1. The fourth-order valence-corrected chi connectivity index (χ4v) is 5.46. The van der Waals surface area contributed by atoms with Gasteiger partial charge in [-0.25, -0.2) is 0 Å². The van der Waals surface area contributed by atoms with Crippen LogP contribution in [0, 0.1) is 0 Å². The number of nitrogens with zero attached hydrogens (tertiary/aromatic N) is 2. The molecule has 6 heteroatoms. The first-order valence-corrected chi connectivity index (χ1v) is 11.8. The van der Waals surface area contributed by atoms with Gasteiger partial charge >= 0.3 is 0 Å². The largest absolute Gasteiger partial charge is 0.380 e. The van der Waals surface area contributed by atoms with Crippen LogP contribution in [0.3, 0.4) is 0 Å². The van der Waals surface area contributed by atoms with E-state index >= 15 is 0 Å². The van der Waals surface area contributed by atoms with Crippen LogP contribution in [-0.4, -0.2) is 57.0 Å². The second kappa shape index (κ2) is 8.75. The summed E-state index contributed by atoms with van der Waals surface area (Å²) in [6, 6.07) is 12.7. The molecule has 31 heavy (non-hydrogen) atoms. The molecule has 2 saturated carbocycles. The normalized spacial score (nSPS) is 30.2. The van der Waals surface area contributed by atoms with Gasteiger partial charge in [-0.3, -0.25) is 9.89 Å². The molecule has 3 fully saturated rings. The van der Waals surface area contributed by atoms with Crippen LogP contribution in [0.4, 0.5) is 0 Å². The summed E-state index contributed by atoms with van der Waals surface area (Å²) in [6.07, 6.45) is 9.54. The monoisotopic (exact) mass is 423 g/mol. The first-order valence-electron chi connectivity index (χ1n) is 11.8. The summed E-state index contributed by atoms with van der Waals surface area (Å²) in [5.74, 6) is 0.649. The molecule has 166 valence electrons. The predicted octanol–water partition coefficient (Wildman–Crippen LogP) is 3.75. The molecule has 2 aromatic rings. The van der Waals surface area contributed by atoms with Crippen LogP contribution in [-0.2, 0) is 9.53 Å². The number of nitrogens with one attached hydrogen (secondary N) is 1. The number of likely N-dealkylation sites (tertiary alicyclic amines) is 1. The van der Waals surface area contributed by atoms with Gasteiger partial charge in [0.1, 0.15) is 5.60 Å². The van der Waals surface area contributed by atoms with Gasteiger partial charge in [0.25, 0.3) is 5.91 Å². The summed E-state index contributed by atoms with van der Waals surface area (Å²) in [5.41, 5.74) is 1.28. The van der Waals surface area contributed by atoms with Crippen LogP contribution in [0.5, 0.6) is 0 Å². The Bertz CT molecular complexity index is 857.